The topological polar surface area (TPSA) is 96.6 Å². The number of fused-ring (bicyclic) bond motifs is 1. The summed E-state index contributed by atoms with van der Waals surface area (Å²) in [5, 5.41) is 15.8. The minimum Gasteiger partial charge on any atom is -0.490 e. The Hall–Kier alpha value is -4.37. The van der Waals surface area contributed by atoms with Gasteiger partial charge >= 0.3 is 0 Å². The molecule has 1 amide bonds. The van der Waals surface area contributed by atoms with Gasteiger partial charge in [-0.1, -0.05) is 54.6 Å². The molecule has 0 spiro atoms. The van der Waals surface area contributed by atoms with E-state index in [2.05, 4.69) is 10.1 Å². The highest BCUT2D eigenvalue weighted by Crippen LogP contribution is 2.32. The molecule has 38 heavy (non-hydrogen) atoms. The summed E-state index contributed by atoms with van der Waals surface area (Å²) in [6.45, 7) is 3.06. The first-order valence-corrected chi connectivity index (χ1v) is 13.0. The standard InChI is InChI=1S/C29H26N4O4S/c1-2-35-25-18-21(13-14-24(25)37-16-15-36-22-11-7-4-8-12-22)17-23-27(30)33-29(31-28(23)34)38-26(32-33)19-20-9-5-3-6-10-20/h3-14,17-18,30H,2,15-16,19H2,1H3/b23-17-,30-27?. The van der Waals surface area contributed by atoms with Crippen LogP contribution in [-0.4, -0.2) is 46.8 Å². The molecule has 0 saturated carbocycles. The summed E-state index contributed by atoms with van der Waals surface area (Å²) < 4.78 is 17.3. The molecule has 0 radical (unpaired) electrons. The van der Waals surface area contributed by atoms with Crippen molar-refractivity contribution in [3.8, 4) is 17.2 Å². The zero-order valence-corrected chi connectivity index (χ0v) is 21.6. The van der Waals surface area contributed by atoms with Crippen LogP contribution < -0.4 is 14.2 Å². The van der Waals surface area contributed by atoms with E-state index in [1.165, 1.54) is 16.8 Å². The number of rotatable bonds is 10. The summed E-state index contributed by atoms with van der Waals surface area (Å²) in [5.41, 5.74) is 1.95. The number of nitrogens with zero attached hydrogens (tertiary/aromatic N) is 3. The van der Waals surface area contributed by atoms with E-state index in [1.54, 1.807) is 18.2 Å². The lowest BCUT2D eigenvalue weighted by atomic mass is 10.1. The van der Waals surface area contributed by atoms with Gasteiger partial charge in [0.25, 0.3) is 5.91 Å². The molecule has 0 aliphatic carbocycles. The first kappa shape index (κ1) is 25.3. The van der Waals surface area contributed by atoms with Gasteiger partial charge in [-0.3, -0.25) is 10.2 Å². The lowest BCUT2D eigenvalue weighted by Gasteiger charge is -2.20. The average molecular weight is 527 g/mol. The number of aliphatic imine (C=N–C) groups is 1. The fourth-order valence-corrected chi connectivity index (χ4v) is 4.79. The summed E-state index contributed by atoms with van der Waals surface area (Å²) in [5.74, 6) is 1.41. The predicted molar refractivity (Wildman–Crippen MR) is 150 cm³/mol. The van der Waals surface area contributed by atoms with Crippen molar-refractivity contribution in [2.24, 2.45) is 10.1 Å². The molecule has 0 saturated heterocycles. The average Bonchev–Trinajstić information content (AvgIpc) is 3.33. The summed E-state index contributed by atoms with van der Waals surface area (Å²) >= 11 is 1.31. The van der Waals surface area contributed by atoms with Crippen LogP contribution in [0.2, 0.25) is 0 Å². The highest BCUT2D eigenvalue weighted by atomic mass is 32.2. The number of amides is 1. The first-order chi connectivity index (χ1) is 18.6. The van der Waals surface area contributed by atoms with Gasteiger partial charge in [-0.15, -0.1) is 0 Å². The minimum atomic E-state index is -0.471. The van der Waals surface area contributed by atoms with Gasteiger partial charge in [0, 0.05) is 6.42 Å². The number of hydrazone groups is 1. The summed E-state index contributed by atoms with van der Waals surface area (Å²) in [4.78, 5) is 17.0. The number of para-hydroxylation sites is 1. The highest BCUT2D eigenvalue weighted by Gasteiger charge is 2.35. The third-order valence-electron chi connectivity index (χ3n) is 5.63. The number of carbonyl (C=O) groups excluding carboxylic acids is 1. The van der Waals surface area contributed by atoms with Gasteiger partial charge in [0.2, 0.25) is 5.17 Å². The van der Waals surface area contributed by atoms with Gasteiger partial charge in [0.1, 0.15) is 24.0 Å². The Kier molecular flexibility index (Phi) is 7.84. The number of hydrogen-bond acceptors (Lipinski definition) is 7. The number of benzene rings is 3. The van der Waals surface area contributed by atoms with Crippen LogP contribution in [-0.2, 0) is 11.2 Å². The molecule has 0 fully saturated rings. The molecule has 192 valence electrons. The molecule has 3 aromatic carbocycles. The SMILES string of the molecule is CCOc1cc(/C=C2/C(=N)N3N=C(Cc4ccccc4)SC3=NC2=O)ccc1OCCOc1ccccc1. The van der Waals surface area contributed by atoms with Gasteiger partial charge in [-0.05, 0) is 60.2 Å². The van der Waals surface area contributed by atoms with Gasteiger partial charge in [0.05, 0.1) is 12.2 Å². The van der Waals surface area contributed by atoms with Crippen molar-refractivity contribution in [1.82, 2.24) is 5.01 Å². The summed E-state index contributed by atoms with van der Waals surface area (Å²) in [6.07, 6.45) is 2.24. The van der Waals surface area contributed by atoms with Crippen LogP contribution >= 0.6 is 11.8 Å². The maximum atomic E-state index is 12.8. The summed E-state index contributed by atoms with van der Waals surface area (Å²) in [6, 6.07) is 24.9. The molecule has 2 aliphatic heterocycles. The van der Waals surface area contributed by atoms with Gasteiger partial charge < -0.3 is 14.2 Å². The van der Waals surface area contributed by atoms with Crippen molar-refractivity contribution in [1.29, 1.82) is 5.41 Å². The second-order valence-electron chi connectivity index (χ2n) is 8.33. The predicted octanol–water partition coefficient (Wildman–Crippen LogP) is 5.40. The van der Waals surface area contributed by atoms with Crippen molar-refractivity contribution in [3.05, 3.63) is 95.6 Å². The number of hydrogen-bond donors (Lipinski definition) is 1. The van der Waals surface area contributed by atoms with E-state index >= 15 is 0 Å². The lowest BCUT2D eigenvalue weighted by molar-refractivity contribution is -0.114. The number of ether oxygens (including phenoxy) is 3. The smallest absolute Gasteiger partial charge is 0.283 e. The summed E-state index contributed by atoms with van der Waals surface area (Å²) in [7, 11) is 0. The van der Waals surface area contributed by atoms with Crippen LogP contribution in [0.1, 0.15) is 18.1 Å². The molecule has 0 unspecified atom stereocenters. The zero-order chi connectivity index (χ0) is 26.3. The van der Waals surface area contributed by atoms with E-state index < -0.39 is 5.91 Å². The van der Waals surface area contributed by atoms with Crippen molar-refractivity contribution in [2.45, 2.75) is 13.3 Å². The Labute approximate surface area is 225 Å². The van der Waals surface area contributed by atoms with E-state index in [0.29, 0.717) is 48.5 Å². The van der Waals surface area contributed by atoms with Crippen LogP contribution in [0.5, 0.6) is 17.2 Å². The van der Waals surface area contributed by atoms with Crippen LogP contribution in [0.15, 0.2) is 94.5 Å². The number of thioether (sulfide) groups is 1. The van der Waals surface area contributed by atoms with Crippen LogP contribution in [0.25, 0.3) is 6.08 Å². The number of carbonyl (C=O) groups is 1. The highest BCUT2D eigenvalue weighted by molar-refractivity contribution is 8.26. The van der Waals surface area contributed by atoms with E-state index in [4.69, 9.17) is 19.6 Å². The normalized spacial score (nSPS) is 15.7. The molecule has 2 heterocycles. The quantitative estimate of drug-likeness (QED) is 0.281. The van der Waals surface area contributed by atoms with Crippen molar-refractivity contribution in [2.75, 3.05) is 19.8 Å². The fourth-order valence-electron chi connectivity index (χ4n) is 3.87. The number of nitrogens with one attached hydrogen (secondary N) is 1. The Morgan fingerprint density at radius 3 is 2.42 bits per heavy atom. The van der Waals surface area contributed by atoms with Gasteiger partial charge in [0.15, 0.2) is 17.3 Å². The first-order valence-electron chi connectivity index (χ1n) is 12.2. The Morgan fingerprint density at radius 1 is 0.921 bits per heavy atom. The van der Waals surface area contributed by atoms with Crippen molar-refractivity contribution >= 4 is 39.8 Å². The van der Waals surface area contributed by atoms with Gasteiger partial charge in [-0.2, -0.15) is 15.1 Å². The number of amidine groups is 2. The molecular weight excluding hydrogens is 500 g/mol. The Balaban J connectivity index is 1.28. The monoisotopic (exact) mass is 526 g/mol. The largest absolute Gasteiger partial charge is 0.490 e. The van der Waals surface area contributed by atoms with E-state index in [-0.39, 0.29) is 11.4 Å². The Bertz CT molecular complexity index is 1420. The molecule has 0 bridgehead atoms. The lowest BCUT2D eigenvalue weighted by Crippen LogP contribution is -2.35. The molecule has 1 N–H and O–H groups in total. The van der Waals surface area contributed by atoms with E-state index in [0.717, 1.165) is 16.4 Å². The molecular formula is C29H26N4O4S. The maximum absolute atomic E-state index is 12.8. The Morgan fingerprint density at radius 2 is 1.66 bits per heavy atom. The zero-order valence-electron chi connectivity index (χ0n) is 20.8. The third-order valence-corrected chi connectivity index (χ3v) is 6.53. The minimum absolute atomic E-state index is 0.00749. The van der Waals surface area contributed by atoms with Crippen LogP contribution in [0.4, 0.5) is 0 Å². The molecule has 0 atom stereocenters. The molecule has 3 aromatic rings. The second kappa shape index (κ2) is 11.8. The van der Waals surface area contributed by atoms with E-state index in [9.17, 15) is 4.79 Å². The van der Waals surface area contributed by atoms with Crippen LogP contribution in [0.3, 0.4) is 0 Å². The van der Waals surface area contributed by atoms with Gasteiger partial charge in [-0.25, -0.2) is 0 Å². The third kappa shape index (κ3) is 5.95. The fraction of sp³-hybridized carbons (Fsp3) is 0.172. The molecule has 0 aromatic heterocycles. The second-order valence-corrected chi connectivity index (χ2v) is 9.37. The molecule has 8 nitrogen and oxygen atoms in total. The van der Waals surface area contributed by atoms with Crippen molar-refractivity contribution < 1.29 is 19.0 Å². The van der Waals surface area contributed by atoms with Crippen molar-refractivity contribution in [3.63, 3.8) is 0 Å². The molecule has 2 aliphatic rings. The van der Waals surface area contributed by atoms with E-state index in [1.807, 2.05) is 73.7 Å². The maximum Gasteiger partial charge on any atom is 0.283 e. The molecule has 5 rings (SSSR count). The molecule has 9 heteroatoms. The van der Waals surface area contributed by atoms with Crippen LogP contribution in [0, 0.1) is 5.41 Å².